The second-order valence-electron chi connectivity index (χ2n) is 6.57. The highest BCUT2D eigenvalue weighted by atomic mass is 16.4. The molecule has 31 heavy (non-hydrogen) atoms. The highest BCUT2D eigenvalue weighted by molar-refractivity contribution is 6.15. The number of ketones is 1. The monoisotopic (exact) mass is 415 g/mol. The number of carbonyl (C=O) groups excluding carboxylic acids is 2. The first-order valence-electron chi connectivity index (χ1n) is 9.26. The third-order valence-corrected chi connectivity index (χ3v) is 4.42. The summed E-state index contributed by atoms with van der Waals surface area (Å²) in [5, 5.41) is 16.4. The van der Waals surface area contributed by atoms with Crippen molar-refractivity contribution in [1.29, 1.82) is 0 Å². The molecule has 0 fully saturated rings. The smallest absolute Gasteiger partial charge is 0.411 e. The van der Waals surface area contributed by atoms with Gasteiger partial charge >= 0.3 is 12.1 Å². The van der Waals surface area contributed by atoms with Crippen LogP contribution < -0.4 is 16.0 Å². The molecule has 154 valence electrons. The van der Waals surface area contributed by atoms with Gasteiger partial charge in [-0.25, -0.2) is 14.6 Å². The predicted molar refractivity (Wildman–Crippen MR) is 117 cm³/mol. The second kappa shape index (κ2) is 8.37. The Bertz CT molecular complexity index is 1280. The van der Waals surface area contributed by atoms with Crippen molar-refractivity contribution in [2.75, 3.05) is 16.0 Å². The van der Waals surface area contributed by atoms with Crippen LogP contribution in [-0.2, 0) is 0 Å². The summed E-state index contributed by atoms with van der Waals surface area (Å²) in [6.45, 7) is 0. The molecule has 5 N–H and O–H groups in total. The molecule has 0 unspecified atom stereocenters. The zero-order valence-corrected chi connectivity index (χ0v) is 16.0. The molecular weight excluding hydrogens is 398 g/mol. The summed E-state index contributed by atoms with van der Waals surface area (Å²) in [5.41, 5.74) is 2.65. The van der Waals surface area contributed by atoms with Crippen molar-refractivity contribution >= 4 is 46.3 Å². The largest absolute Gasteiger partial charge is 0.465 e. The number of aromatic amines is 1. The van der Waals surface area contributed by atoms with Crippen LogP contribution >= 0.6 is 0 Å². The van der Waals surface area contributed by atoms with Crippen LogP contribution in [0, 0.1) is 0 Å². The highest BCUT2D eigenvalue weighted by Gasteiger charge is 2.16. The van der Waals surface area contributed by atoms with Gasteiger partial charge in [-0.3, -0.25) is 10.1 Å². The molecule has 0 aliphatic rings. The first-order valence-corrected chi connectivity index (χ1v) is 9.26. The first kappa shape index (κ1) is 19.6. The minimum atomic E-state index is -1.25. The maximum Gasteiger partial charge on any atom is 0.411 e. The summed E-state index contributed by atoms with van der Waals surface area (Å²) in [7, 11) is 0. The lowest BCUT2D eigenvalue weighted by atomic mass is 10.0. The van der Waals surface area contributed by atoms with Gasteiger partial charge in [-0.1, -0.05) is 30.3 Å². The van der Waals surface area contributed by atoms with Crippen molar-refractivity contribution in [2.24, 2.45) is 0 Å². The number of hydrogen-bond acceptors (Lipinski definition) is 4. The zero-order chi connectivity index (χ0) is 21.8. The number of amides is 3. The summed E-state index contributed by atoms with van der Waals surface area (Å²) >= 11 is 0. The molecule has 1 heterocycles. The van der Waals surface area contributed by atoms with Gasteiger partial charge in [0.2, 0.25) is 5.95 Å². The van der Waals surface area contributed by atoms with Gasteiger partial charge in [0.05, 0.1) is 16.7 Å². The number of nitrogens with zero attached hydrogens (tertiary/aromatic N) is 1. The Balaban J connectivity index is 1.57. The predicted octanol–water partition coefficient (Wildman–Crippen LogP) is 4.53. The molecule has 1 aromatic heterocycles. The average molecular weight is 415 g/mol. The van der Waals surface area contributed by atoms with E-state index in [9.17, 15) is 14.4 Å². The lowest BCUT2D eigenvalue weighted by Crippen LogP contribution is -2.21. The van der Waals surface area contributed by atoms with E-state index in [0.29, 0.717) is 33.5 Å². The van der Waals surface area contributed by atoms with Crippen molar-refractivity contribution in [1.82, 2.24) is 9.97 Å². The van der Waals surface area contributed by atoms with Crippen molar-refractivity contribution in [2.45, 2.75) is 0 Å². The number of hydrogen-bond donors (Lipinski definition) is 5. The number of urea groups is 1. The Kier molecular flexibility index (Phi) is 5.31. The number of carbonyl (C=O) groups is 3. The summed E-state index contributed by atoms with van der Waals surface area (Å²) < 4.78 is 0. The molecule has 0 bridgehead atoms. The lowest BCUT2D eigenvalue weighted by molar-refractivity contribution is 0.103. The van der Waals surface area contributed by atoms with Crippen LogP contribution in [0.25, 0.3) is 11.0 Å². The van der Waals surface area contributed by atoms with Gasteiger partial charge < -0.3 is 20.7 Å². The van der Waals surface area contributed by atoms with Crippen LogP contribution in [0.1, 0.15) is 15.9 Å². The first-order chi connectivity index (χ1) is 15.0. The minimum absolute atomic E-state index is 0.0618. The van der Waals surface area contributed by atoms with Crippen molar-refractivity contribution in [3.8, 4) is 0 Å². The van der Waals surface area contributed by atoms with E-state index >= 15 is 0 Å². The molecule has 0 atom stereocenters. The number of anilines is 3. The Morgan fingerprint density at radius 3 is 2.35 bits per heavy atom. The van der Waals surface area contributed by atoms with E-state index in [1.807, 2.05) is 6.07 Å². The maximum absolute atomic E-state index is 13.1. The summed E-state index contributed by atoms with van der Waals surface area (Å²) in [6.07, 6.45) is -1.25. The number of aromatic nitrogens is 2. The number of carboxylic acid groups (broad SMARTS) is 1. The van der Waals surface area contributed by atoms with Crippen LogP contribution in [0.3, 0.4) is 0 Å². The van der Waals surface area contributed by atoms with E-state index in [0.717, 1.165) is 0 Å². The highest BCUT2D eigenvalue weighted by Crippen LogP contribution is 2.23. The molecule has 0 saturated heterocycles. The van der Waals surface area contributed by atoms with Gasteiger partial charge in [0, 0.05) is 16.8 Å². The minimum Gasteiger partial charge on any atom is -0.465 e. The number of benzene rings is 3. The fourth-order valence-corrected chi connectivity index (χ4v) is 3.06. The number of nitrogens with one attached hydrogen (secondary N) is 4. The molecule has 0 aliphatic heterocycles. The van der Waals surface area contributed by atoms with E-state index in [4.69, 9.17) is 5.11 Å². The van der Waals surface area contributed by atoms with Crippen LogP contribution in [-0.4, -0.2) is 33.0 Å². The van der Waals surface area contributed by atoms with Crippen molar-refractivity contribution < 1.29 is 19.5 Å². The van der Waals surface area contributed by atoms with Gasteiger partial charge in [-0.05, 0) is 42.5 Å². The van der Waals surface area contributed by atoms with E-state index in [2.05, 4.69) is 25.9 Å². The molecule has 9 heteroatoms. The quantitative estimate of drug-likeness (QED) is 0.305. The average Bonchev–Trinajstić information content (AvgIpc) is 3.15. The third kappa shape index (κ3) is 4.51. The number of rotatable bonds is 5. The molecule has 0 radical (unpaired) electrons. The van der Waals surface area contributed by atoms with Crippen molar-refractivity contribution in [3.63, 3.8) is 0 Å². The van der Waals surface area contributed by atoms with E-state index < -0.39 is 12.1 Å². The van der Waals surface area contributed by atoms with Crippen LogP contribution in [0.4, 0.5) is 26.9 Å². The molecule has 3 aromatic carbocycles. The summed E-state index contributed by atoms with van der Waals surface area (Å²) in [6, 6.07) is 20.0. The van der Waals surface area contributed by atoms with Crippen LogP contribution in [0.2, 0.25) is 0 Å². The third-order valence-electron chi connectivity index (χ3n) is 4.42. The molecule has 0 aliphatic carbocycles. The topological polar surface area (TPSA) is 136 Å². The zero-order valence-electron chi connectivity index (χ0n) is 16.0. The maximum atomic E-state index is 13.1. The van der Waals surface area contributed by atoms with Gasteiger partial charge in [-0.15, -0.1) is 0 Å². The fraction of sp³-hybridized carbons (Fsp3) is 0. The number of fused-ring (bicyclic) bond motifs is 1. The standard InChI is InChI=1S/C22H17N5O4/c28-19(13-10-11-17-18(12-13)25-20(24-17)27-22(30)31)15-8-4-5-9-16(15)26-21(29)23-14-6-2-1-3-7-14/h1-12H,(H,30,31)(H2,23,26,29)(H2,24,25,27). The molecule has 0 saturated carbocycles. The van der Waals surface area contributed by atoms with E-state index in [1.54, 1.807) is 66.7 Å². The van der Waals surface area contributed by atoms with Gasteiger partial charge in [-0.2, -0.15) is 0 Å². The molecule has 4 aromatic rings. The Morgan fingerprint density at radius 2 is 1.58 bits per heavy atom. The molecule has 9 nitrogen and oxygen atoms in total. The lowest BCUT2D eigenvalue weighted by Gasteiger charge is -2.11. The Morgan fingerprint density at radius 1 is 0.839 bits per heavy atom. The molecule has 0 spiro atoms. The normalized spacial score (nSPS) is 10.5. The van der Waals surface area contributed by atoms with Gasteiger partial charge in [0.1, 0.15) is 0 Å². The summed E-state index contributed by atoms with van der Waals surface area (Å²) in [4.78, 5) is 43.2. The number of imidazole rings is 1. The molecule has 4 rings (SSSR count). The summed E-state index contributed by atoms with van der Waals surface area (Å²) in [5.74, 6) is -0.250. The number of para-hydroxylation sites is 2. The fourth-order valence-electron chi connectivity index (χ4n) is 3.06. The molecule has 3 amide bonds. The van der Waals surface area contributed by atoms with E-state index in [-0.39, 0.29) is 11.7 Å². The van der Waals surface area contributed by atoms with E-state index in [1.165, 1.54) is 0 Å². The Hall–Kier alpha value is -4.66. The SMILES string of the molecule is O=C(O)Nc1nc2cc(C(=O)c3ccccc3NC(=O)Nc3ccccc3)ccc2[nH]1. The van der Waals surface area contributed by atoms with Gasteiger partial charge in [0.25, 0.3) is 0 Å². The second-order valence-corrected chi connectivity index (χ2v) is 6.57. The molecular formula is C22H17N5O4. The number of H-pyrrole nitrogens is 1. The van der Waals surface area contributed by atoms with Crippen LogP contribution in [0.5, 0.6) is 0 Å². The Labute approximate surface area is 176 Å². The van der Waals surface area contributed by atoms with Crippen molar-refractivity contribution in [3.05, 3.63) is 83.9 Å². The van der Waals surface area contributed by atoms with Crippen LogP contribution in [0.15, 0.2) is 72.8 Å². The van der Waals surface area contributed by atoms with Gasteiger partial charge in [0.15, 0.2) is 5.78 Å².